The molecule has 0 aliphatic rings. The maximum absolute atomic E-state index is 13.9. The molecule has 28 heavy (non-hydrogen) atoms. The van der Waals surface area contributed by atoms with Gasteiger partial charge in [0.15, 0.2) is 11.6 Å². The molecule has 7 heteroatoms. The lowest BCUT2D eigenvalue weighted by Crippen LogP contribution is -2.13. The van der Waals surface area contributed by atoms with Gasteiger partial charge in [-0.15, -0.1) is 0 Å². The molecule has 0 unspecified atom stereocenters. The smallest absolute Gasteiger partial charge is 0.345 e. The first kappa shape index (κ1) is 17.8. The van der Waals surface area contributed by atoms with Gasteiger partial charge in [-0.25, -0.2) is 18.6 Å². The van der Waals surface area contributed by atoms with Crippen LogP contribution in [0.2, 0.25) is 0 Å². The Morgan fingerprint density at radius 2 is 1.61 bits per heavy atom. The fourth-order valence-electron chi connectivity index (χ4n) is 2.97. The first-order valence-corrected chi connectivity index (χ1v) is 8.21. The van der Waals surface area contributed by atoms with E-state index in [1.807, 2.05) is 0 Å². The first-order valence-electron chi connectivity index (χ1n) is 8.21. The van der Waals surface area contributed by atoms with Crippen molar-refractivity contribution in [2.75, 3.05) is 7.11 Å². The molecule has 0 radical (unpaired) electrons. The minimum absolute atomic E-state index is 0.0614. The fraction of sp³-hybridized carbons (Fsp3) is 0.0476. The van der Waals surface area contributed by atoms with Crippen LogP contribution < -0.4 is 9.47 Å². The van der Waals surface area contributed by atoms with Gasteiger partial charge >= 0.3 is 5.97 Å². The molecule has 0 saturated heterocycles. The van der Waals surface area contributed by atoms with Crippen molar-refractivity contribution in [2.45, 2.75) is 0 Å². The summed E-state index contributed by atoms with van der Waals surface area (Å²) in [4.78, 5) is 17.4. The van der Waals surface area contributed by atoms with Gasteiger partial charge in [-0.3, -0.25) is 0 Å². The molecule has 0 amide bonds. The molecule has 4 rings (SSSR count). The Balaban J connectivity index is 1.93. The molecular weight excluding hydrogens is 371 g/mol. The molecule has 4 aromatic rings. The van der Waals surface area contributed by atoms with Gasteiger partial charge in [0.1, 0.15) is 5.75 Å². The number of hydrogen-bond acceptors (Lipinski definition) is 4. The summed E-state index contributed by atoms with van der Waals surface area (Å²) >= 11 is 0. The fourth-order valence-corrected chi connectivity index (χ4v) is 2.97. The molecule has 140 valence electrons. The predicted molar refractivity (Wildman–Crippen MR) is 97.1 cm³/mol. The van der Waals surface area contributed by atoms with Gasteiger partial charge < -0.3 is 9.47 Å². The van der Waals surface area contributed by atoms with Gasteiger partial charge in [0.05, 0.1) is 23.7 Å². The van der Waals surface area contributed by atoms with Crippen LogP contribution in [0, 0.1) is 17.5 Å². The first-order chi connectivity index (χ1) is 13.5. The second kappa shape index (κ2) is 6.84. The second-order valence-electron chi connectivity index (χ2n) is 5.95. The number of carbonyl (C=O) groups is 1. The number of esters is 1. The highest BCUT2D eigenvalue weighted by Gasteiger charge is 2.23. The minimum Gasteiger partial charge on any atom is -0.497 e. The zero-order valence-corrected chi connectivity index (χ0v) is 14.5. The number of para-hydroxylation sites is 1. The summed E-state index contributed by atoms with van der Waals surface area (Å²) in [5.41, 5.74) is 0.979. The van der Waals surface area contributed by atoms with Crippen LogP contribution in [0.15, 0.2) is 54.6 Å². The van der Waals surface area contributed by atoms with Crippen molar-refractivity contribution in [3.05, 3.63) is 77.6 Å². The third-order valence-electron chi connectivity index (χ3n) is 4.29. The number of pyridine rings is 1. The molecule has 0 aliphatic carbocycles. The number of methoxy groups -OCH3 is 1. The Hall–Kier alpha value is -3.61. The van der Waals surface area contributed by atoms with E-state index in [-0.39, 0.29) is 5.56 Å². The van der Waals surface area contributed by atoms with Gasteiger partial charge in [0.2, 0.25) is 11.6 Å². The SMILES string of the molecule is COc1ccc2c(C(=O)Oc3c(F)ccc(F)c3F)c3ccccc3nc2c1. The average molecular weight is 383 g/mol. The predicted octanol–water partition coefficient (Wildman–Crippen LogP) is 5.03. The van der Waals surface area contributed by atoms with Crippen molar-refractivity contribution in [1.29, 1.82) is 0 Å². The third-order valence-corrected chi connectivity index (χ3v) is 4.29. The van der Waals surface area contributed by atoms with Gasteiger partial charge in [-0.2, -0.15) is 4.39 Å². The molecule has 0 bridgehead atoms. The van der Waals surface area contributed by atoms with Crippen LogP contribution in [0.1, 0.15) is 10.4 Å². The van der Waals surface area contributed by atoms with Crippen LogP contribution in [0.3, 0.4) is 0 Å². The van der Waals surface area contributed by atoms with E-state index in [0.29, 0.717) is 39.7 Å². The molecular formula is C21H12F3NO3. The largest absolute Gasteiger partial charge is 0.497 e. The Bertz CT molecular complexity index is 1240. The highest BCUT2D eigenvalue weighted by molar-refractivity contribution is 6.15. The van der Waals surface area contributed by atoms with Crippen LogP contribution in [-0.2, 0) is 0 Å². The zero-order chi connectivity index (χ0) is 19.8. The number of carbonyl (C=O) groups excluding carboxylic acids is 1. The highest BCUT2D eigenvalue weighted by atomic mass is 19.2. The van der Waals surface area contributed by atoms with E-state index in [1.54, 1.807) is 42.5 Å². The highest BCUT2D eigenvalue weighted by Crippen LogP contribution is 2.31. The number of aromatic nitrogens is 1. The summed E-state index contributed by atoms with van der Waals surface area (Å²) in [6, 6.07) is 12.9. The monoisotopic (exact) mass is 383 g/mol. The Morgan fingerprint density at radius 3 is 2.39 bits per heavy atom. The van der Waals surface area contributed by atoms with Crippen molar-refractivity contribution in [3.63, 3.8) is 0 Å². The number of hydrogen-bond donors (Lipinski definition) is 0. The average Bonchev–Trinajstić information content (AvgIpc) is 2.71. The van der Waals surface area contributed by atoms with Gasteiger partial charge in [0, 0.05) is 16.8 Å². The van der Waals surface area contributed by atoms with E-state index in [9.17, 15) is 18.0 Å². The topological polar surface area (TPSA) is 48.4 Å². The molecule has 0 aliphatic heterocycles. The summed E-state index contributed by atoms with van der Waals surface area (Å²) in [6.45, 7) is 0. The van der Waals surface area contributed by atoms with Crippen LogP contribution in [0.5, 0.6) is 11.5 Å². The summed E-state index contributed by atoms with van der Waals surface area (Å²) in [5.74, 6) is -5.67. The van der Waals surface area contributed by atoms with E-state index < -0.39 is 29.2 Å². The second-order valence-corrected chi connectivity index (χ2v) is 5.95. The summed E-state index contributed by atoms with van der Waals surface area (Å²) in [5, 5.41) is 0.837. The zero-order valence-electron chi connectivity index (χ0n) is 14.5. The minimum atomic E-state index is -1.57. The van der Waals surface area contributed by atoms with Crippen LogP contribution in [-0.4, -0.2) is 18.1 Å². The van der Waals surface area contributed by atoms with E-state index in [0.717, 1.165) is 0 Å². The Kier molecular flexibility index (Phi) is 4.35. The number of fused-ring (bicyclic) bond motifs is 2. The summed E-state index contributed by atoms with van der Waals surface area (Å²) in [7, 11) is 1.49. The lowest BCUT2D eigenvalue weighted by Gasteiger charge is -2.12. The number of halogens is 3. The lowest BCUT2D eigenvalue weighted by molar-refractivity contribution is 0.0723. The van der Waals surface area contributed by atoms with E-state index in [4.69, 9.17) is 9.47 Å². The molecule has 0 spiro atoms. The van der Waals surface area contributed by atoms with Crippen molar-refractivity contribution in [3.8, 4) is 11.5 Å². The third kappa shape index (κ3) is 2.90. The quantitative estimate of drug-likeness (QED) is 0.215. The van der Waals surface area contributed by atoms with E-state index in [1.165, 1.54) is 7.11 Å². The molecule has 0 N–H and O–H groups in total. The molecule has 0 saturated carbocycles. The molecule has 4 nitrogen and oxygen atoms in total. The lowest BCUT2D eigenvalue weighted by atomic mass is 10.0. The van der Waals surface area contributed by atoms with Gasteiger partial charge in [-0.05, 0) is 30.3 Å². The Labute approximate surface area is 157 Å². The molecule has 1 heterocycles. The standard InChI is InChI=1S/C21H12F3NO3/c1-27-11-6-7-13-17(10-11)25-16-5-3-2-4-12(16)18(13)21(26)28-20-15(23)9-8-14(22)19(20)24/h2-10H,1H3. The van der Waals surface area contributed by atoms with Crippen molar-refractivity contribution in [2.24, 2.45) is 0 Å². The maximum Gasteiger partial charge on any atom is 0.345 e. The molecule has 0 fully saturated rings. The summed E-state index contributed by atoms with van der Waals surface area (Å²) in [6.07, 6.45) is 0. The van der Waals surface area contributed by atoms with Gasteiger partial charge in [0.25, 0.3) is 0 Å². The molecule has 1 aromatic heterocycles. The molecule has 0 atom stereocenters. The normalized spacial score (nSPS) is 11.0. The molecule has 3 aromatic carbocycles. The Morgan fingerprint density at radius 1 is 0.893 bits per heavy atom. The number of nitrogens with zero attached hydrogens (tertiary/aromatic N) is 1. The van der Waals surface area contributed by atoms with E-state index in [2.05, 4.69) is 4.98 Å². The van der Waals surface area contributed by atoms with Crippen molar-refractivity contribution >= 4 is 27.8 Å². The number of rotatable bonds is 3. The van der Waals surface area contributed by atoms with Crippen molar-refractivity contribution < 1.29 is 27.4 Å². The number of benzene rings is 3. The van der Waals surface area contributed by atoms with Crippen LogP contribution >= 0.6 is 0 Å². The van der Waals surface area contributed by atoms with Gasteiger partial charge in [-0.1, -0.05) is 18.2 Å². The van der Waals surface area contributed by atoms with Crippen LogP contribution in [0.4, 0.5) is 13.2 Å². The summed E-state index contributed by atoms with van der Waals surface area (Å²) < 4.78 is 51.4. The van der Waals surface area contributed by atoms with Crippen molar-refractivity contribution in [1.82, 2.24) is 4.98 Å². The maximum atomic E-state index is 13.9. The number of ether oxygens (including phenoxy) is 2. The van der Waals surface area contributed by atoms with E-state index >= 15 is 0 Å². The van der Waals surface area contributed by atoms with Crippen LogP contribution in [0.25, 0.3) is 21.8 Å².